The zero-order valence-corrected chi connectivity index (χ0v) is 16.3. The topological polar surface area (TPSA) is 62.5 Å². The number of anilines is 1. The van der Waals surface area contributed by atoms with Gasteiger partial charge in [-0.15, -0.1) is 0 Å². The largest absolute Gasteiger partial charge is 0.404 e. The smallest absolute Gasteiger partial charge is 0.300 e. The van der Waals surface area contributed by atoms with Crippen LogP contribution in [0.2, 0.25) is 0 Å². The van der Waals surface area contributed by atoms with Crippen LogP contribution in [0.3, 0.4) is 0 Å². The SMILES string of the molecule is C[C@H]1CN(C(=O)Cc2ccc(C3CC3)cc2)CCN1c1nc2cc(F)cnc2o1. The second-order valence-electron chi connectivity index (χ2n) is 8.05. The normalized spacial score (nSPS) is 19.7. The van der Waals surface area contributed by atoms with Crippen LogP contribution in [0, 0.1) is 5.82 Å². The molecule has 3 aromatic rings. The first-order chi connectivity index (χ1) is 14.1. The molecule has 0 spiro atoms. The Morgan fingerprint density at radius 3 is 2.76 bits per heavy atom. The van der Waals surface area contributed by atoms with Gasteiger partial charge in [-0.25, -0.2) is 9.37 Å². The van der Waals surface area contributed by atoms with Crippen LogP contribution in [0.25, 0.3) is 11.2 Å². The molecule has 1 atom stereocenters. The van der Waals surface area contributed by atoms with Crippen LogP contribution >= 0.6 is 0 Å². The van der Waals surface area contributed by atoms with Gasteiger partial charge in [0.1, 0.15) is 11.3 Å². The monoisotopic (exact) mass is 394 g/mol. The zero-order valence-electron chi connectivity index (χ0n) is 16.3. The molecule has 0 unspecified atom stereocenters. The van der Waals surface area contributed by atoms with Crippen molar-refractivity contribution in [2.45, 2.75) is 38.1 Å². The van der Waals surface area contributed by atoms with Crippen molar-refractivity contribution in [3.63, 3.8) is 0 Å². The minimum absolute atomic E-state index is 0.0443. The van der Waals surface area contributed by atoms with Gasteiger partial charge in [-0.2, -0.15) is 4.98 Å². The molecule has 7 heteroatoms. The molecule has 6 nitrogen and oxygen atoms in total. The Labute approximate surface area is 168 Å². The highest BCUT2D eigenvalue weighted by atomic mass is 19.1. The lowest BCUT2D eigenvalue weighted by Gasteiger charge is -2.39. The van der Waals surface area contributed by atoms with Crippen molar-refractivity contribution in [1.82, 2.24) is 14.9 Å². The molecule has 1 saturated carbocycles. The molecule has 0 N–H and O–H groups in total. The summed E-state index contributed by atoms with van der Waals surface area (Å²) in [6.07, 6.45) is 4.11. The Morgan fingerprint density at radius 1 is 1.24 bits per heavy atom. The number of pyridine rings is 1. The first-order valence-electron chi connectivity index (χ1n) is 10.1. The number of hydrogen-bond acceptors (Lipinski definition) is 5. The first-order valence-corrected chi connectivity index (χ1v) is 10.1. The van der Waals surface area contributed by atoms with Crippen molar-refractivity contribution < 1.29 is 13.6 Å². The van der Waals surface area contributed by atoms with Crippen LogP contribution in [-0.2, 0) is 11.2 Å². The number of aromatic nitrogens is 2. The molecule has 2 aromatic heterocycles. The molecule has 150 valence electrons. The standard InChI is InChI=1S/C22H23FN4O2/c1-14-13-26(20(28)10-15-2-4-16(5-3-15)17-6-7-17)8-9-27(14)22-25-19-11-18(23)12-24-21(19)29-22/h2-5,11-12,14,17H,6-10,13H2,1H3/t14-/m0/s1. The summed E-state index contributed by atoms with van der Waals surface area (Å²) >= 11 is 0. The van der Waals surface area contributed by atoms with Crippen molar-refractivity contribution in [3.05, 3.63) is 53.5 Å². The molecule has 1 saturated heterocycles. The van der Waals surface area contributed by atoms with E-state index < -0.39 is 5.82 Å². The summed E-state index contributed by atoms with van der Waals surface area (Å²) in [6, 6.07) is 10.3. The number of hydrogen-bond donors (Lipinski definition) is 0. The van der Waals surface area contributed by atoms with E-state index >= 15 is 0 Å². The summed E-state index contributed by atoms with van der Waals surface area (Å²) in [6.45, 7) is 3.85. The van der Waals surface area contributed by atoms with E-state index in [-0.39, 0.29) is 11.9 Å². The number of amides is 1. The van der Waals surface area contributed by atoms with Crippen molar-refractivity contribution >= 4 is 23.2 Å². The van der Waals surface area contributed by atoms with Crippen molar-refractivity contribution in [1.29, 1.82) is 0 Å². The second kappa shape index (κ2) is 7.13. The van der Waals surface area contributed by atoms with Gasteiger partial charge in [-0.3, -0.25) is 4.79 Å². The predicted octanol–water partition coefficient (Wildman–Crippen LogP) is 3.52. The van der Waals surface area contributed by atoms with Crippen molar-refractivity contribution in [3.8, 4) is 0 Å². The highest BCUT2D eigenvalue weighted by molar-refractivity contribution is 5.79. The summed E-state index contributed by atoms with van der Waals surface area (Å²) in [5.41, 5.74) is 3.17. The first kappa shape index (κ1) is 18.1. The van der Waals surface area contributed by atoms with E-state index in [0.29, 0.717) is 43.3 Å². The van der Waals surface area contributed by atoms with E-state index in [4.69, 9.17) is 4.42 Å². The second-order valence-corrected chi connectivity index (χ2v) is 8.05. The third-order valence-corrected chi connectivity index (χ3v) is 5.81. The lowest BCUT2D eigenvalue weighted by atomic mass is 10.1. The van der Waals surface area contributed by atoms with Gasteiger partial charge in [0.2, 0.25) is 11.6 Å². The molecule has 2 fully saturated rings. The fraction of sp³-hybridized carbons (Fsp3) is 0.409. The van der Waals surface area contributed by atoms with Crippen LogP contribution in [0.4, 0.5) is 10.4 Å². The molecule has 1 amide bonds. The van der Waals surface area contributed by atoms with Crippen molar-refractivity contribution in [2.75, 3.05) is 24.5 Å². The fourth-order valence-corrected chi connectivity index (χ4v) is 3.99. The Kier molecular flexibility index (Phi) is 4.45. The van der Waals surface area contributed by atoms with Gasteiger partial charge in [0, 0.05) is 31.7 Å². The predicted molar refractivity (Wildman–Crippen MR) is 107 cm³/mol. The molecular formula is C22H23FN4O2. The van der Waals surface area contributed by atoms with E-state index in [0.717, 1.165) is 17.7 Å². The van der Waals surface area contributed by atoms with Crippen LogP contribution < -0.4 is 4.90 Å². The van der Waals surface area contributed by atoms with Gasteiger partial charge in [-0.1, -0.05) is 24.3 Å². The molecular weight excluding hydrogens is 371 g/mol. The highest BCUT2D eigenvalue weighted by Gasteiger charge is 2.30. The summed E-state index contributed by atoms with van der Waals surface area (Å²) < 4.78 is 19.0. The molecule has 0 bridgehead atoms. The summed E-state index contributed by atoms with van der Waals surface area (Å²) in [5.74, 6) is 0.426. The van der Waals surface area contributed by atoms with E-state index in [1.54, 1.807) is 0 Å². The Balaban J connectivity index is 1.23. The summed E-state index contributed by atoms with van der Waals surface area (Å²) in [5, 5.41) is 0. The van der Waals surface area contributed by atoms with Gasteiger partial charge in [0.05, 0.1) is 12.6 Å². The van der Waals surface area contributed by atoms with Gasteiger partial charge < -0.3 is 14.2 Å². The van der Waals surface area contributed by atoms with E-state index in [2.05, 4.69) is 34.2 Å². The molecule has 1 aliphatic heterocycles. The number of nitrogens with zero attached hydrogens (tertiary/aromatic N) is 4. The Bertz CT molecular complexity index is 1040. The lowest BCUT2D eigenvalue weighted by Crippen LogP contribution is -2.54. The maximum Gasteiger partial charge on any atom is 0.300 e. The third-order valence-electron chi connectivity index (χ3n) is 5.81. The molecule has 1 aliphatic carbocycles. The Morgan fingerprint density at radius 2 is 2.03 bits per heavy atom. The van der Waals surface area contributed by atoms with Gasteiger partial charge >= 0.3 is 0 Å². The number of carbonyl (C=O) groups is 1. The van der Waals surface area contributed by atoms with Crippen molar-refractivity contribution in [2.24, 2.45) is 0 Å². The van der Waals surface area contributed by atoms with Crippen LogP contribution in [0.1, 0.15) is 36.8 Å². The van der Waals surface area contributed by atoms with Crippen LogP contribution in [0.15, 0.2) is 40.9 Å². The third kappa shape index (κ3) is 3.69. The maximum atomic E-state index is 13.3. The molecule has 5 rings (SSSR count). The van der Waals surface area contributed by atoms with Gasteiger partial charge in [0.15, 0.2) is 0 Å². The molecule has 0 radical (unpaired) electrons. The summed E-state index contributed by atoms with van der Waals surface area (Å²) in [4.78, 5) is 25.0. The van der Waals surface area contributed by atoms with Crippen LogP contribution in [0.5, 0.6) is 0 Å². The number of oxazole rings is 1. The molecule has 3 heterocycles. The van der Waals surface area contributed by atoms with Gasteiger partial charge in [-0.05, 0) is 36.8 Å². The molecule has 29 heavy (non-hydrogen) atoms. The highest BCUT2D eigenvalue weighted by Crippen LogP contribution is 2.39. The lowest BCUT2D eigenvalue weighted by molar-refractivity contribution is -0.131. The number of halogens is 1. The summed E-state index contributed by atoms with van der Waals surface area (Å²) in [7, 11) is 0. The van der Waals surface area contributed by atoms with E-state index in [9.17, 15) is 9.18 Å². The minimum atomic E-state index is -0.439. The number of benzene rings is 1. The van der Waals surface area contributed by atoms with E-state index in [1.807, 2.05) is 16.7 Å². The number of carbonyl (C=O) groups excluding carboxylic acids is 1. The van der Waals surface area contributed by atoms with Crippen LogP contribution in [-0.4, -0.2) is 46.5 Å². The molecule has 2 aliphatic rings. The minimum Gasteiger partial charge on any atom is -0.404 e. The average Bonchev–Trinajstić information content (AvgIpc) is 3.48. The number of rotatable bonds is 4. The molecule has 1 aromatic carbocycles. The number of piperazine rings is 1. The average molecular weight is 394 g/mol. The van der Waals surface area contributed by atoms with Gasteiger partial charge in [0.25, 0.3) is 6.01 Å². The zero-order chi connectivity index (χ0) is 20.0. The van der Waals surface area contributed by atoms with E-state index in [1.165, 1.54) is 24.5 Å². The Hall–Kier alpha value is -2.96. The number of fused-ring (bicyclic) bond motifs is 1. The fourth-order valence-electron chi connectivity index (χ4n) is 3.99. The quantitative estimate of drug-likeness (QED) is 0.678. The maximum absolute atomic E-state index is 13.3.